The van der Waals surface area contributed by atoms with E-state index in [0.29, 0.717) is 10.2 Å². The molecule has 0 fully saturated rings. The first-order valence-electron chi connectivity index (χ1n) is 7.99. The van der Waals surface area contributed by atoms with E-state index in [4.69, 9.17) is 17.0 Å². The zero-order valence-corrected chi connectivity index (χ0v) is 15.4. The van der Waals surface area contributed by atoms with Gasteiger partial charge in [-0.25, -0.2) is 0 Å². The van der Waals surface area contributed by atoms with Gasteiger partial charge in [-0.05, 0) is 60.7 Å². The van der Waals surface area contributed by atoms with Crippen molar-refractivity contribution in [1.29, 1.82) is 5.41 Å². The number of hydrogen-bond acceptors (Lipinski definition) is 4. The molecule has 0 unspecified atom stereocenters. The molecule has 1 amide bonds. The van der Waals surface area contributed by atoms with Gasteiger partial charge < -0.3 is 4.57 Å². The van der Waals surface area contributed by atoms with Crippen molar-refractivity contribution in [3.05, 3.63) is 58.9 Å². The van der Waals surface area contributed by atoms with Crippen molar-refractivity contribution in [2.45, 2.75) is 13.3 Å². The lowest BCUT2D eigenvalue weighted by Gasteiger charge is -2.20. The summed E-state index contributed by atoms with van der Waals surface area (Å²) >= 11 is 7.29. The fraction of sp³-hybridized carbons (Fsp3) is 0.111. The topological polar surface area (TPSA) is 73.8 Å². The van der Waals surface area contributed by atoms with Crippen LogP contribution in [0.25, 0.3) is 11.8 Å². The summed E-state index contributed by atoms with van der Waals surface area (Å²) in [5.74, 6) is -0.384. The first kappa shape index (κ1) is 16.8. The summed E-state index contributed by atoms with van der Waals surface area (Å²) in [5.41, 5.74) is 1.89. The number of fused-ring (bicyclic) bond motifs is 1. The second-order valence-corrected chi connectivity index (χ2v) is 7.12. The maximum Gasteiger partial charge on any atom is 0.283 e. The van der Waals surface area contributed by atoms with Crippen LogP contribution in [0.15, 0.2) is 58.3 Å². The largest absolute Gasteiger partial charge is 0.317 e. The van der Waals surface area contributed by atoms with E-state index in [1.807, 2.05) is 42.0 Å². The molecule has 0 aliphatic carbocycles. The number of rotatable bonds is 3. The van der Waals surface area contributed by atoms with E-state index in [9.17, 15) is 4.79 Å². The van der Waals surface area contributed by atoms with Gasteiger partial charge in [-0.1, -0.05) is 18.5 Å². The summed E-state index contributed by atoms with van der Waals surface area (Å²) in [6, 6.07) is 11.2. The molecule has 1 aromatic carbocycles. The number of aromatic nitrogens is 1. The predicted molar refractivity (Wildman–Crippen MR) is 106 cm³/mol. The Kier molecular flexibility index (Phi) is 4.26. The minimum Gasteiger partial charge on any atom is -0.317 e. The molecule has 0 atom stereocenters. The third-order valence-corrected chi connectivity index (χ3v) is 5.28. The van der Waals surface area contributed by atoms with E-state index in [1.165, 1.54) is 16.8 Å². The summed E-state index contributed by atoms with van der Waals surface area (Å²) in [5, 5.41) is 16.1. The van der Waals surface area contributed by atoms with Crippen molar-refractivity contribution in [3.8, 4) is 5.69 Å². The average molecular weight is 384 g/mol. The van der Waals surface area contributed by atoms with Gasteiger partial charge >= 0.3 is 0 Å². The number of nitrogens with one attached hydrogen (secondary N) is 1. The van der Waals surface area contributed by atoms with Crippen LogP contribution in [-0.4, -0.2) is 31.5 Å². The highest BCUT2D eigenvalue weighted by molar-refractivity contribution is 8.26. The molecule has 0 bridgehead atoms. The van der Waals surface area contributed by atoms with E-state index in [1.54, 1.807) is 18.2 Å². The lowest BCUT2D eigenvalue weighted by atomic mass is 10.1. The van der Waals surface area contributed by atoms with Crippen molar-refractivity contribution in [1.82, 2.24) is 9.58 Å². The van der Waals surface area contributed by atoms with Crippen molar-refractivity contribution >= 4 is 51.4 Å². The number of thioether (sulfide) groups is 1. The number of halogens is 1. The Morgan fingerprint density at radius 1 is 1.27 bits per heavy atom. The minimum atomic E-state index is -0.426. The van der Waals surface area contributed by atoms with Gasteiger partial charge in [-0.2, -0.15) is 15.1 Å². The molecule has 0 saturated carbocycles. The number of amidine groups is 2. The van der Waals surface area contributed by atoms with Gasteiger partial charge in [0.05, 0.1) is 5.57 Å². The first-order valence-corrected chi connectivity index (χ1v) is 9.18. The molecule has 2 aliphatic rings. The molecule has 6 nitrogen and oxygen atoms in total. The Morgan fingerprint density at radius 3 is 2.77 bits per heavy atom. The molecule has 0 spiro atoms. The number of amides is 1. The van der Waals surface area contributed by atoms with Crippen molar-refractivity contribution < 1.29 is 4.79 Å². The van der Waals surface area contributed by atoms with Crippen LogP contribution in [0.4, 0.5) is 0 Å². The second-order valence-electron chi connectivity index (χ2n) is 5.65. The summed E-state index contributed by atoms with van der Waals surface area (Å²) in [6.07, 6.45) is 4.30. The Balaban J connectivity index is 1.73. The van der Waals surface area contributed by atoms with E-state index in [-0.39, 0.29) is 11.4 Å². The number of carbonyl (C=O) groups excluding carboxylic acids is 1. The van der Waals surface area contributed by atoms with Gasteiger partial charge in [-0.15, -0.1) is 0 Å². The van der Waals surface area contributed by atoms with Crippen LogP contribution in [0, 0.1) is 5.41 Å². The molecule has 0 saturated heterocycles. The minimum absolute atomic E-state index is 0.0415. The summed E-state index contributed by atoms with van der Waals surface area (Å²) in [7, 11) is 0. The molecule has 4 rings (SSSR count). The van der Waals surface area contributed by atoms with Crippen LogP contribution in [0.1, 0.15) is 19.0 Å². The van der Waals surface area contributed by atoms with E-state index in [0.717, 1.165) is 22.8 Å². The predicted octanol–water partition coefficient (Wildman–Crippen LogP) is 4.16. The fourth-order valence-corrected chi connectivity index (χ4v) is 3.62. The molecule has 8 heteroatoms. The molecular formula is C18H14ClN5OS. The van der Waals surface area contributed by atoms with E-state index < -0.39 is 5.91 Å². The quantitative estimate of drug-likeness (QED) is 0.808. The molecule has 1 N–H and O–H groups in total. The number of benzene rings is 1. The standard InChI is InChI=1S/C18H14ClN5OS/c1-2-15-22-24-16(20)14(17(25)21-18(24)26-15)10-13-4-3-9-23(13)12-7-5-11(19)6-8-12/h3-10,20H,2H2,1H3. The molecule has 130 valence electrons. The van der Waals surface area contributed by atoms with Crippen molar-refractivity contribution in [2.24, 2.45) is 10.1 Å². The lowest BCUT2D eigenvalue weighted by Crippen LogP contribution is -2.35. The van der Waals surface area contributed by atoms with Crippen molar-refractivity contribution in [2.75, 3.05) is 0 Å². The fourth-order valence-electron chi connectivity index (χ4n) is 2.67. The maximum absolute atomic E-state index is 12.4. The Labute approximate surface area is 159 Å². The van der Waals surface area contributed by atoms with Gasteiger partial charge in [0.1, 0.15) is 5.04 Å². The molecule has 2 aliphatic heterocycles. The number of aliphatic imine (C=N–C) groups is 1. The summed E-state index contributed by atoms with van der Waals surface area (Å²) in [4.78, 5) is 16.5. The van der Waals surface area contributed by atoms with Gasteiger partial charge in [0.15, 0.2) is 5.84 Å². The van der Waals surface area contributed by atoms with Crippen LogP contribution in [0.5, 0.6) is 0 Å². The molecule has 2 aromatic rings. The van der Waals surface area contributed by atoms with Gasteiger partial charge in [0, 0.05) is 22.6 Å². The van der Waals surface area contributed by atoms with E-state index >= 15 is 0 Å². The number of nitrogens with zero attached hydrogens (tertiary/aromatic N) is 4. The molecule has 0 radical (unpaired) electrons. The second kappa shape index (κ2) is 6.59. The number of hydrazone groups is 1. The zero-order valence-electron chi connectivity index (χ0n) is 13.8. The number of carbonyl (C=O) groups is 1. The zero-order chi connectivity index (χ0) is 18.3. The highest BCUT2D eigenvalue weighted by Crippen LogP contribution is 2.29. The highest BCUT2D eigenvalue weighted by Gasteiger charge is 2.35. The maximum atomic E-state index is 12.4. The summed E-state index contributed by atoms with van der Waals surface area (Å²) < 4.78 is 1.92. The molecule has 26 heavy (non-hydrogen) atoms. The average Bonchev–Trinajstić information content (AvgIpc) is 3.26. The van der Waals surface area contributed by atoms with Gasteiger partial charge in [0.2, 0.25) is 5.17 Å². The third-order valence-electron chi connectivity index (χ3n) is 3.98. The van der Waals surface area contributed by atoms with Crippen molar-refractivity contribution in [3.63, 3.8) is 0 Å². The van der Waals surface area contributed by atoms with E-state index in [2.05, 4.69) is 10.1 Å². The third kappa shape index (κ3) is 2.89. The normalized spacial score (nSPS) is 18.2. The van der Waals surface area contributed by atoms with Gasteiger partial charge in [0.25, 0.3) is 5.91 Å². The Hall–Kier alpha value is -2.64. The van der Waals surface area contributed by atoms with Gasteiger partial charge in [-0.3, -0.25) is 10.2 Å². The van der Waals surface area contributed by atoms with Crippen LogP contribution >= 0.6 is 23.4 Å². The number of hydrogen-bond donors (Lipinski definition) is 1. The SMILES string of the molecule is CCC1=NN2C(=N)C(=Cc3cccn3-c3ccc(Cl)cc3)C(=O)N=C2S1. The van der Waals surface area contributed by atoms with Crippen LogP contribution in [0.3, 0.4) is 0 Å². The van der Waals surface area contributed by atoms with Crippen LogP contribution in [-0.2, 0) is 4.79 Å². The summed E-state index contributed by atoms with van der Waals surface area (Å²) in [6.45, 7) is 1.98. The lowest BCUT2D eigenvalue weighted by molar-refractivity contribution is -0.114. The smallest absolute Gasteiger partial charge is 0.283 e. The Morgan fingerprint density at radius 2 is 2.04 bits per heavy atom. The highest BCUT2D eigenvalue weighted by atomic mass is 35.5. The van der Waals surface area contributed by atoms with Crippen LogP contribution < -0.4 is 0 Å². The molecule has 1 aromatic heterocycles. The molecular weight excluding hydrogens is 370 g/mol. The molecule has 3 heterocycles. The monoisotopic (exact) mass is 383 g/mol. The van der Waals surface area contributed by atoms with Crippen LogP contribution in [0.2, 0.25) is 5.02 Å². The first-order chi connectivity index (χ1) is 12.6. The Bertz CT molecular complexity index is 1000.